The van der Waals surface area contributed by atoms with E-state index in [1.165, 1.54) is 6.92 Å². The van der Waals surface area contributed by atoms with E-state index in [0.717, 1.165) is 24.0 Å². The second-order valence-electron chi connectivity index (χ2n) is 9.10. The molecule has 0 radical (unpaired) electrons. The van der Waals surface area contributed by atoms with E-state index in [-0.39, 0.29) is 35.8 Å². The molecule has 1 saturated heterocycles. The normalized spacial score (nSPS) is 26.9. The van der Waals surface area contributed by atoms with E-state index in [4.69, 9.17) is 4.74 Å². The molecule has 1 rings (SSSR count). The van der Waals surface area contributed by atoms with Crippen LogP contribution in [0.1, 0.15) is 61.3 Å². The second-order valence-corrected chi connectivity index (χ2v) is 9.10. The molecule has 0 bridgehead atoms. The van der Waals surface area contributed by atoms with Crippen LogP contribution in [0.5, 0.6) is 0 Å². The molecule has 0 amide bonds. The van der Waals surface area contributed by atoms with Crippen molar-refractivity contribution in [1.29, 1.82) is 0 Å². The Bertz CT molecular complexity index is 728. The number of Topliss-reactive ketones (excluding diaryl/α,β-unsaturated/α-hetero) is 1. The number of esters is 1. The van der Waals surface area contributed by atoms with E-state index in [9.17, 15) is 19.8 Å². The number of aliphatic hydroxyl groups is 2. The van der Waals surface area contributed by atoms with Crippen LogP contribution < -0.4 is 0 Å². The largest absolute Gasteiger partial charge is 0.457 e. The third-order valence-electron chi connectivity index (χ3n) is 6.00. The molecule has 2 N–H and O–H groups in total. The van der Waals surface area contributed by atoms with Gasteiger partial charge in [-0.25, -0.2) is 0 Å². The zero-order chi connectivity index (χ0) is 23.7. The van der Waals surface area contributed by atoms with Gasteiger partial charge in [0.1, 0.15) is 11.9 Å². The zero-order valence-corrected chi connectivity index (χ0v) is 20.0. The molecule has 0 spiro atoms. The average molecular weight is 433 g/mol. The third kappa shape index (κ3) is 8.96. The van der Waals surface area contributed by atoms with Crippen molar-refractivity contribution in [3.63, 3.8) is 0 Å². The highest BCUT2D eigenvalue weighted by Gasteiger charge is 2.41. The number of carbonyl (C=O) groups excluding carboxylic acids is 2. The molecule has 5 nitrogen and oxygen atoms in total. The van der Waals surface area contributed by atoms with Gasteiger partial charge >= 0.3 is 5.97 Å². The predicted octanol–water partition coefficient (Wildman–Crippen LogP) is 4.55. The Hall–Kier alpha value is -1.98. The fourth-order valence-electron chi connectivity index (χ4n) is 3.53. The van der Waals surface area contributed by atoms with Crippen molar-refractivity contribution in [3.05, 3.63) is 47.6 Å². The molecule has 1 fully saturated rings. The molecule has 1 aliphatic heterocycles. The first-order valence-corrected chi connectivity index (χ1v) is 11.2. The maximum atomic E-state index is 12.4. The van der Waals surface area contributed by atoms with Crippen molar-refractivity contribution in [2.24, 2.45) is 23.7 Å². The molecule has 5 heteroatoms. The van der Waals surface area contributed by atoms with Gasteiger partial charge in [0, 0.05) is 11.8 Å². The number of carbonyl (C=O) groups is 2. The lowest BCUT2D eigenvalue weighted by Crippen LogP contribution is -2.21. The van der Waals surface area contributed by atoms with Crippen molar-refractivity contribution in [2.75, 3.05) is 0 Å². The molecule has 1 aliphatic rings. The topological polar surface area (TPSA) is 83.8 Å². The molecule has 0 aromatic rings. The van der Waals surface area contributed by atoms with Gasteiger partial charge in [-0.1, -0.05) is 62.8 Å². The first kappa shape index (κ1) is 27.1. The van der Waals surface area contributed by atoms with E-state index in [0.29, 0.717) is 5.92 Å². The smallest absolute Gasteiger partial charge is 0.313 e. The van der Waals surface area contributed by atoms with Gasteiger partial charge in [0.15, 0.2) is 0 Å². The van der Waals surface area contributed by atoms with Gasteiger partial charge in [0.05, 0.1) is 18.1 Å². The quantitative estimate of drug-likeness (QED) is 0.370. The number of ketones is 1. The Labute approximate surface area is 187 Å². The minimum Gasteiger partial charge on any atom is -0.457 e. The van der Waals surface area contributed by atoms with Gasteiger partial charge in [0.25, 0.3) is 0 Å². The highest BCUT2D eigenvalue weighted by atomic mass is 16.6. The molecule has 0 unspecified atom stereocenters. The Kier molecular flexibility index (Phi) is 11.1. The molecule has 0 saturated carbocycles. The van der Waals surface area contributed by atoms with Crippen molar-refractivity contribution in [1.82, 2.24) is 0 Å². The van der Waals surface area contributed by atoms with Crippen LogP contribution >= 0.6 is 0 Å². The molecule has 0 aliphatic carbocycles. The summed E-state index contributed by atoms with van der Waals surface area (Å²) < 4.78 is 5.64. The summed E-state index contributed by atoms with van der Waals surface area (Å²) in [4.78, 5) is 23.8. The number of hydrogen-bond acceptors (Lipinski definition) is 5. The van der Waals surface area contributed by atoms with Gasteiger partial charge < -0.3 is 14.9 Å². The summed E-state index contributed by atoms with van der Waals surface area (Å²) in [6.45, 7) is 12.9. The third-order valence-corrected chi connectivity index (χ3v) is 6.00. The highest BCUT2D eigenvalue weighted by Crippen LogP contribution is 2.34. The zero-order valence-electron chi connectivity index (χ0n) is 20.0. The maximum absolute atomic E-state index is 12.4. The number of ether oxygens (including phenoxy) is 1. The summed E-state index contributed by atoms with van der Waals surface area (Å²) in [5, 5.41) is 19.4. The number of hydrogen-bond donors (Lipinski definition) is 2. The summed E-state index contributed by atoms with van der Waals surface area (Å²) in [6.07, 6.45) is 11.6. The van der Waals surface area contributed by atoms with E-state index >= 15 is 0 Å². The van der Waals surface area contributed by atoms with Gasteiger partial charge in [-0.3, -0.25) is 9.59 Å². The van der Waals surface area contributed by atoms with Crippen LogP contribution in [0.3, 0.4) is 0 Å². The molecule has 0 aromatic heterocycles. The van der Waals surface area contributed by atoms with Crippen molar-refractivity contribution >= 4 is 11.8 Å². The Morgan fingerprint density at radius 2 is 1.74 bits per heavy atom. The number of cyclic esters (lactones) is 1. The van der Waals surface area contributed by atoms with Crippen molar-refractivity contribution < 1.29 is 24.5 Å². The molecule has 174 valence electrons. The van der Waals surface area contributed by atoms with Gasteiger partial charge in [-0.05, 0) is 52.0 Å². The maximum Gasteiger partial charge on any atom is 0.313 e. The van der Waals surface area contributed by atoms with Crippen LogP contribution in [0.25, 0.3) is 0 Å². The van der Waals surface area contributed by atoms with Crippen LogP contribution in [0.4, 0.5) is 0 Å². The van der Waals surface area contributed by atoms with Crippen LogP contribution in [-0.2, 0) is 14.3 Å². The van der Waals surface area contributed by atoms with E-state index in [1.807, 2.05) is 39.0 Å². The first-order chi connectivity index (χ1) is 14.4. The van der Waals surface area contributed by atoms with Crippen molar-refractivity contribution in [3.8, 4) is 0 Å². The van der Waals surface area contributed by atoms with Gasteiger partial charge in [-0.2, -0.15) is 0 Å². The number of allylic oxidation sites excluding steroid dienone is 5. The van der Waals surface area contributed by atoms with Crippen LogP contribution in [-0.4, -0.2) is 40.3 Å². The minimum atomic E-state index is -0.846. The second kappa shape index (κ2) is 12.8. The first-order valence-electron chi connectivity index (χ1n) is 11.2. The lowest BCUT2D eigenvalue weighted by molar-refractivity contribution is -0.142. The number of aliphatic hydroxyl groups excluding tert-OH is 2. The van der Waals surface area contributed by atoms with Crippen LogP contribution in [0.2, 0.25) is 0 Å². The molecular weight excluding hydrogens is 392 g/mol. The Balaban J connectivity index is 2.77. The van der Waals surface area contributed by atoms with Crippen LogP contribution in [0, 0.1) is 23.7 Å². The fourth-order valence-corrected chi connectivity index (χ4v) is 3.53. The van der Waals surface area contributed by atoms with Crippen molar-refractivity contribution in [2.45, 2.75) is 79.6 Å². The lowest BCUT2D eigenvalue weighted by Gasteiger charge is -2.16. The predicted molar refractivity (Wildman–Crippen MR) is 124 cm³/mol. The van der Waals surface area contributed by atoms with E-state index in [1.54, 1.807) is 26.0 Å². The summed E-state index contributed by atoms with van der Waals surface area (Å²) in [5.41, 5.74) is 1.84. The van der Waals surface area contributed by atoms with E-state index < -0.39 is 12.0 Å². The monoisotopic (exact) mass is 432 g/mol. The number of rotatable bonds is 11. The SMILES string of the molecule is CC(=O)[C@H](C)[C@@H](O)/C=C/C(C)=C/[C@@H]1C(=O)O[C@H](/C(C)=C/C=C/[C@H](C)CC[C@H](C)O)[C@H]1C. The molecular formula is C26H40O5. The standard InChI is InChI=1S/C26H40O5/c1-16(11-13-19(4)27)9-8-10-18(3)25-21(6)23(26(30)31-25)15-17(2)12-14-24(29)20(5)22(7)28/h8-10,12,14-16,19-21,23-25,27,29H,11,13H2,1-7H3/b9-8+,14-12+,17-15+,18-10+/t16-,19-,20-,21-,23-,24-,25+/m0/s1. The molecule has 1 heterocycles. The Morgan fingerprint density at radius 3 is 2.32 bits per heavy atom. The van der Waals surface area contributed by atoms with Gasteiger partial charge in [0.2, 0.25) is 0 Å². The lowest BCUT2D eigenvalue weighted by atomic mass is 9.87. The molecule has 31 heavy (non-hydrogen) atoms. The molecule has 7 atom stereocenters. The highest BCUT2D eigenvalue weighted by molar-refractivity contribution is 5.79. The van der Waals surface area contributed by atoms with E-state index in [2.05, 4.69) is 13.0 Å². The summed E-state index contributed by atoms with van der Waals surface area (Å²) in [5.74, 6) is -0.760. The summed E-state index contributed by atoms with van der Waals surface area (Å²) in [6, 6.07) is 0. The fraction of sp³-hybridized carbons (Fsp3) is 0.615. The molecule has 0 aromatic carbocycles. The van der Waals surface area contributed by atoms with Gasteiger partial charge in [-0.15, -0.1) is 0 Å². The minimum absolute atomic E-state index is 0.00534. The summed E-state index contributed by atoms with van der Waals surface area (Å²) >= 11 is 0. The Morgan fingerprint density at radius 1 is 1.10 bits per heavy atom. The van der Waals surface area contributed by atoms with Crippen LogP contribution in [0.15, 0.2) is 47.6 Å². The average Bonchev–Trinajstić information content (AvgIpc) is 2.97. The summed E-state index contributed by atoms with van der Waals surface area (Å²) in [7, 11) is 0.